The number of aliphatic hydroxyl groups excluding tert-OH is 2. The predicted octanol–water partition coefficient (Wildman–Crippen LogP) is 3.82. The van der Waals surface area contributed by atoms with Gasteiger partial charge in [0.2, 0.25) is 0 Å². The van der Waals surface area contributed by atoms with Crippen LogP contribution in [0.4, 0.5) is 5.69 Å². The van der Waals surface area contributed by atoms with Gasteiger partial charge in [0.1, 0.15) is 0 Å². The fourth-order valence-corrected chi connectivity index (χ4v) is 5.89. The quantitative estimate of drug-likeness (QED) is 0.244. The first-order chi connectivity index (χ1) is 15.3. The smallest absolute Gasteiger partial charge is 0.303 e. The number of benzene rings is 1. The average Bonchev–Trinajstić information content (AvgIpc) is 3.41. The second kappa shape index (κ2) is 9.55. The number of hydrogen-bond donors (Lipinski definition) is 3. The zero-order chi connectivity index (χ0) is 22.8. The van der Waals surface area contributed by atoms with Gasteiger partial charge in [0.05, 0.1) is 17.1 Å². The van der Waals surface area contributed by atoms with Gasteiger partial charge in [-0.25, -0.2) is 0 Å². The number of hydrogen-bond acceptors (Lipinski definition) is 5. The van der Waals surface area contributed by atoms with E-state index in [-0.39, 0.29) is 23.9 Å². The van der Waals surface area contributed by atoms with E-state index in [0.29, 0.717) is 31.1 Å². The number of nitro groups is 1. The van der Waals surface area contributed by atoms with Crippen molar-refractivity contribution in [1.82, 2.24) is 0 Å². The van der Waals surface area contributed by atoms with E-state index in [2.05, 4.69) is 6.08 Å². The monoisotopic (exact) mass is 441 g/mol. The molecule has 3 aliphatic carbocycles. The van der Waals surface area contributed by atoms with E-state index in [4.69, 9.17) is 5.11 Å². The number of rotatable bonds is 8. The lowest BCUT2D eigenvalue weighted by molar-refractivity contribution is -0.384. The highest BCUT2D eigenvalue weighted by Gasteiger charge is 2.45. The number of aliphatic carboxylic acids is 1. The Morgan fingerprint density at radius 3 is 2.75 bits per heavy atom. The van der Waals surface area contributed by atoms with Gasteiger partial charge in [0.25, 0.3) is 5.69 Å². The third kappa shape index (κ3) is 4.94. The molecule has 32 heavy (non-hydrogen) atoms. The topological polar surface area (TPSA) is 121 Å². The number of carbonyl (C=O) groups is 1. The van der Waals surface area contributed by atoms with Crippen LogP contribution in [0.25, 0.3) is 0 Å². The maximum atomic E-state index is 11.0. The zero-order valence-electron chi connectivity index (χ0n) is 18.1. The van der Waals surface area contributed by atoms with E-state index >= 15 is 0 Å². The molecule has 3 unspecified atom stereocenters. The van der Waals surface area contributed by atoms with E-state index in [1.165, 1.54) is 11.6 Å². The number of fused-ring (bicyclic) bond motifs is 2. The molecule has 2 saturated carbocycles. The first-order valence-electron chi connectivity index (χ1n) is 11.5. The molecular formula is C25H31NO6. The minimum Gasteiger partial charge on any atom is -0.481 e. The van der Waals surface area contributed by atoms with Crippen LogP contribution in [0.5, 0.6) is 0 Å². The molecule has 0 saturated heterocycles. The van der Waals surface area contributed by atoms with Crippen molar-refractivity contribution in [2.45, 2.75) is 63.6 Å². The number of nitrogens with zero attached hydrogens (tertiary/aromatic N) is 1. The average molecular weight is 442 g/mol. The summed E-state index contributed by atoms with van der Waals surface area (Å²) in [5, 5.41) is 41.1. The van der Waals surface area contributed by atoms with Crippen molar-refractivity contribution >= 4 is 11.7 Å². The van der Waals surface area contributed by atoms with Gasteiger partial charge in [-0.05, 0) is 73.8 Å². The van der Waals surface area contributed by atoms with Crippen molar-refractivity contribution in [2.24, 2.45) is 23.7 Å². The van der Waals surface area contributed by atoms with E-state index in [1.54, 1.807) is 12.1 Å². The molecule has 2 fully saturated rings. The minimum absolute atomic E-state index is 0.00846. The van der Waals surface area contributed by atoms with Crippen LogP contribution in [-0.4, -0.2) is 38.4 Å². The van der Waals surface area contributed by atoms with Gasteiger partial charge >= 0.3 is 5.97 Å². The molecule has 3 aliphatic rings. The van der Waals surface area contributed by atoms with Crippen LogP contribution in [0.15, 0.2) is 42.0 Å². The highest BCUT2D eigenvalue weighted by molar-refractivity contribution is 5.66. The highest BCUT2D eigenvalue weighted by atomic mass is 16.6. The molecule has 172 valence electrons. The summed E-state index contributed by atoms with van der Waals surface area (Å²) in [5.41, 5.74) is 3.44. The third-order valence-corrected chi connectivity index (χ3v) is 7.52. The van der Waals surface area contributed by atoms with Crippen molar-refractivity contribution in [3.63, 3.8) is 0 Å². The Hall–Kier alpha value is -2.51. The van der Waals surface area contributed by atoms with Gasteiger partial charge in [-0.15, -0.1) is 0 Å². The molecule has 7 heteroatoms. The van der Waals surface area contributed by atoms with Crippen LogP contribution in [0.2, 0.25) is 0 Å². The molecule has 3 N–H and O–H groups in total. The molecule has 0 radical (unpaired) electrons. The molecule has 0 aromatic heterocycles. The van der Waals surface area contributed by atoms with Crippen molar-refractivity contribution < 1.29 is 25.0 Å². The van der Waals surface area contributed by atoms with Gasteiger partial charge in [-0.1, -0.05) is 29.9 Å². The van der Waals surface area contributed by atoms with Crippen LogP contribution >= 0.6 is 0 Å². The summed E-state index contributed by atoms with van der Waals surface area (Å²) >= 11 is 0. The SMILES string of the molecule is O=C(O)CCC/C=C1\CC2C[C@@H](O)[C@H](/C=C/[C@@H](O)C3Cc4ccc([N+](=O)[O-])cc4C3)C2C1. The van der Waals surface area contributed by atoms with Crippen molar-refractivity contribution in [3.8, 4) is 0 Å². The number of carboxylic acid groups (broad SMARTS) is 1. The van der Waals surface area contributed by atoms with Crippen LogP contribution in [-0.2, 0) is 17.6 Å². The Labute approximate surface area is 187 Å². The number of aliphatic hydroxyl groups is 2. The molecule has 0 spiro atoms. The van der Waals surface area contributed by atoms with E-state index in [0.717, 1.165) is 36.8 Å². The molecule has 0 aliphatic heterocycles. The maximum absolute atomic E-state index is 11.0. The summed E-state index contributed by atoms with van der Waals surface area (Å²) in [5.74, 6) is 0.0545. The van der Waals surface area contributed by atoms with E-state index in [9.17, 15) is 25.1 Å². The van der Waals surface area contributed by atoms with Gasteiger partial charge in [-0.2, -0.15) is 0 Å². The normalized spacial score (nSPS) is 31.2. The van der Waals surface area contributed by atoms with Gasteiger partial charge in [0.15, 0.2) is 0 Å². The second-order valence-corrected chi connectivity index (χ2v) is 9.61. The summed E-state index contributed by atoms with van der Waals surface area (Å²) in [6, 6.07) is 4.92. The van der Waals surface area contributed by atoms with Crippen LogP contribution in [0.3, 0.4) is 0 Å². The van der Waals surface area contributed by atoms with E-state index in [1.807, 2.05) is 12.2 Å². The first-order valence-corrected chi connectivity index (χ1v) is 11.5. The molecule has 6 atom stereocenters. The van der Waals surface area contributed by atoms with Crippen molar-refractivity contribution in [3.05, 3.63) is 63.2 Å². The molecule has 0 bridgehead atoms. The number of allylic oxidation sites excluding steroid dienone is 2. The molecule has 0 heterocycles. The summed E-state index contributed by atoms with van der Waals surface area (Å²) in [6.45, 7) is 0. The van der Waals surface area contributed by atoms with Gasteiger partial charge in [-0.3, -0.25) is 14.9 Å². The first kappa shape index (κ1) is 22.7. The van der Waals surface area contributed by atoms with Crippen molar-refractivity contribution in [2.75, 3.05) is 0 Å². The summed E-state index contributed by atoms with van der Waals surface area (Å²) in [7, 11) is 0. The standard InChI is InChI=1S/C25H31NO6/c27-23(19-11-16-5-6-20(26(31)32)13-17(16)12-19)8-7-21-22-10-15(3-1-2-4-25(29)30)9-18(22)14-24(21)28/h3,5-8,13,18-19,21-24,27-28H,1-2,4,9-12,14H2,(H,29,30)/b8-7+,15-3+/t18?,19?,21-,22?,23-,24-/m1/s1. The van der Waals surface area contributed by atoms with Crippen LogP contribution in [0.1, 0.15) is 49.7 Å². The molecule has 0 amide bonds. The van der Waals surface area contributed by atoms with Crippen LogP contribution in [0, 0.1) is 33.8 Å². The molecule has 4 rings (SSSR count). The fraction of sp³-hybridized carbons (Fsp3) is 0.560. The molecule has 1 aromatic carbocycles. The summed E-state index contributed by atoms with van der Waals surface area (Å²) in [6.07, 6.45) is 10.5. The van der Waals surface area contributed by atoms with Crippen LogP contribution < -0.4 is 0 Å². The zero-order valence-corrected chi connectivity index (χ0v) is 18.1. The molecule has 7 nitrogen and oxygen atoms in total. The Morgan fingerprint density at radius 1 is 1.22 bits per heavy atom. The largest absolute Gasteiger partial charge is 0.481 e. The predicted molar refractivity (Wildman–Crippen MR) is 119 cm³/mol. The maximum Gasteiger partial charge on any atom is 0.303 e. The fourth-order valence-electron chi connectivity index (χ4n) is 5.89. The lowest BCUT2D eigenvalue weighted by Gasteiger charge is -2.19. The Kier molecular flexibility index (Phi) is 6.76. The lowest BCUT2D eigenvalue weighted by atomic mass is 9.89. The minimum atomic E-state index is -0.762. The van der Waals surface area contributed by atoms with E-state index < -0.39 is 23.1 Å². The molecule has 1 aromatic rings. The third-order valence-electron chi connectivity index (χ3n) is 7.52. The van der Waals surface area contributed by atoms with Gasteiger partial charge in [0, 0.05) is 24.5 Å². The highest BCUT2D eigenvalue weighted by Crippen LogP contribution is 2.50. The number of non-ortho nitro benzene ring substituents is 1. The Balaban J connectivity index is 1.34. The second-order valence-electron chi connectivity index (χ2n) is 9.61. The number of carboxylic acids is 1. The molecular weight excluding hydrogens is 410 g/mol. The van der Waals surface area contributed by atoms with Gasteiger partial charge < -0.3 is 15.3 Å². The Bertz CT molecular complexity index is 938. The Morgan fingerprint density at radius 2 is 2.00 bits per heavy atom. The van der Waals surface area contributed by atoms with Crippen molar-refractivity contribution in [1.29, 1.82) is 0 Å². The number of unbranched alkanes of at least 4 members (excludes halogenated alkanes) is 1. The summed E-state index contributed by atoms with van der Waals surface area (Å²) in [4.78, 5) is 21.3. The summed E-state index contributed by atoms with van der Waals surface area (Å²) < 4.78 is 0. The lowest BCUT2D eigenvalue weighted by Crippen LogP contribution is -2.21. The number of nitro benzene ring substituents is 1.